The number of aromatic nitrogens is 1. The second-order valence-corrected chi connectivity index (χ2v) is 12.4. The molecule has 228 valence electrons. The van der Waals surface area contributed by atoms with Gasteiger partial charge < -0.3 is 29.9 Å². The summed E-state index contributed by atoms with van der Waals surface area (Å²) in [7, 11) is 0. The third-order valence-corrected chi connectivity index (χ3v) is 8.82. The SMILES string of the molecule is C[C@@H]1CN(CC(=O)N2CC(C)(C)c3[nH]c(=O)c(Cc4ccc(F)cc4F)cc32)[C@@H](CC2OCCN[C@@H]2C)CN1C(=O)O. The predicted molar refractivity (Wildman–Crippen MR) is 153 cm³/mol. The molecule has 2 saturated heterocycles. The molecule has 12 heteroatoms. The van der Waals surface area contributed by atoms with Crippen LogP contribution in [0.1, 0.15) is 50.9 Å². The van der Waals surface area contributed by atoms with Gasteiger partial charge in [-0.25, -0.2) is 13.6 Å². The fourth-order valence-corrected chi connectivity index (χ4v) is 6.44. The van der Waals surface area contributed by atoms with Crippen molar-refractivity contribution >= 4 is 17.7 Å². The van der Waals surface area contributed by atoms with Crippen LogP contribution in [0.25, 0.3) is 0 Å². The number of anilines is 1. The number of rotatable bonds is 6. The number of hydrogen-bond donors (Lipinski definition) is 3. The van der Waals surface area contributed by atoms with Gasteiger partial charge in [0.15, 0.2) is 0 Å². The van der Waals surface area contributed by atoms with Gasteiger partial charge in [-0.1, -0.05) is 19.9 Å². The van der Waals surface area contributed by atoms with E-state index in [-0.39, 0.29) is 66.3 Å². The van der Waals surface area contributed by atoms with Gasteiger partial charge in [0.05, 0.1) is 24.9 Å². The number of nitrogens with zero attached hydrogens (tertiary/aromatic N) is 3. The van der Waals surface area contributed by atoms with Gasteiger partial charge >= 0.3 is 6.09 Å². The van der Waals surface area contributed by atoms with Gasteiger partial charge in [-0.05, 0) is 38.0 Å². The molecule has 4 atom stereocenters. The van der Waals surface area contributed by atoms with Crippen LogP contribution in [0.15, 0.2) is 29.1 Å². The smallest absolute Gasteiger partial charge is 0.407 e. The second-order valence-electron chi connectivity index (χ2n) is 12.4. The number of nitrogens with one attached hydrogen (secondary N) is 2. The highest BCUT2D eigenvalue weighted by molar-refractivity contribution is 5.97. The zero-order chi connectivity index (χ0) is 30.3. The number of piperazine rings is 1. The molecule has 10 nitrogen and oxygen atoms in total. The van der Waals surface area contributed by atoms with Crippen LogP contribution < -0.4 is 15.8 Å². The molecule has 3 aliphatic rings. The number of fused-ring (bicyclic) bond motifs is 1. The molecular formula is C30H39F2N5O5. The Hall–Kier alpha value is -3.35. The van der Waals surface area contributed by atoms with Crippen molar-refractivity contribution < 1.29 is 28.2 Å². The summed E-state index contributed by atoms with van der Waals surface area (Å²) in [6.45, 7) is 10.1. The predicted octanol–water partition coefficient (Wildman–Crippen LogP) is 2.69. The second kappa shape index (κ2) is 11.7. The minimum atomic E-state index is -0.987. The number of amides is 2. The summed E-state index contributed by atoms with van der Waals surface area (Å²) in [5.74, 6) is -1.62. The molecule has 1 aromatic heterocycles. The van der Waals surface area contributed by atoms with E-state index in [1.807, 2.05) is 32.6 Å². The lowest BCUT2D eigenvalue weighted by Gasteiger charge is -2.46. The molecule has 0 radical (unpaired) electrons. The number of carboxylic acid groups (broad SMARTS) is 1. The van der Waals surface area contributed by atoms with E-state index in [0.717, 1.165) is 18.7 Å². The minimum absolute atomic E-state index is 0.0540. The van der Waals surface area contributed by atoms with Crippen LogP contribution in [-0.4, -0.2) is 95.5 Å². The van der Waals surface area contributed by atoms with Gasteiger partial charge in [0, 0.05) is 73.5 Å². The quantitative estimate of drug-likeness (QED) is 0.476. The Morgan fingerprint density at radius 3 is 2.60 bits per heavy atom. The first-order chi connectivity index (χ1) is 19.8. The Morgan fingerprint density at radius 1 is 1.14 bits per heavy atom. The average Bonchev–Trinajstić information content (AvgIpc) is 3.17. The largest absolute Gasteiger partial charge is 0.465 e. The molecule has 2 fully saturated rings. The monoisotopic (exact) mass is 587 g/mol. The molecule has 3 aliphatic heterocycles. The summed E-state index contributed by atoms with van der Waals surface area (Å²) in [6.07, 6.45) is -0.586. The molecule has 0 spiro atoms. The van der Waals surface area contributed by atoms with Crippen molar-refractivity contribution in [2.24, 2.45) is 0 Å². The van der Waals surface area contributed by atoms with E-state index in [4.69, 9.17) is 4.74 Å². The first-order valence-corrected chi connectivity index (χ1v) is 14.4. The number of H-pyrrole nitrogens is 1. The van der Waals surface area contributed by atoms with Gasteiger partial charge in [0.2, 0.25) is 5.91 Å². The fraction of sp³-hybridized carbons (Fsp3) is 0.567. The lowest BCUT2D eigenvalue weighted by molar-refractivity contribution is -0.122. The maximum absolute atomic E-state index is 14.4. The maximum Gasteiger partial charge on any atom is 0.407 e. The van der Waals surface area contributed by atoms with Gasteiger partial charge in [-0.3, -0.25) is 14.5 Å². The Labute approximate surface area is 243 Å². The zero-order valence-corrected chi connectivity index (χ0v) is 24.5. The lowest BCUT2D eigenvalue weighted by atomic mass is 9.91. The first kappa shape index (κ1) is 30.1. The number of benzene rings is 1. The van der Waals surface area contributed by atoms with Crippen molar-refractivity contribution in [3.63, 3.8) is 0 Å². The Kier molecular flexibility index (Phi) is 8.41. The topological polar surface area (TPSA) is 118 Å². The normalized spacial score (nSPS) is 25.9. The number of halogens is 2. The molecule has 0 aliphatic carbocycles. The van der Waals surface area contributed by atoms with Crippen LogP contribution in [0.4, 0.5) is 19.3 Å². The van der Waals surface area contributed by atoms with E-state index in [1.54, 1.807) is 11.0 Å². The summed E-state index contributed by atoms with van der Waals surface area (Å²) in [5.41, 5.74) is 0.722. The molecule has 3 N–H and O–H groups in total. The Bertz CT molecular complexity index is 1410. The van der Waals surface area contributed by atoms with Crippen molar-refractivity contribution in [1.29, 1.82) is 0 Å². The van der Waals surface area contributed by atoms with Gasteiger partial charge in [0.25, 0.3) is 5.56 Å². The Morgan fingerprint density at radius 2 is 1.90 bits per heavy atom. The summed E-state index contributed by atoms with van der Waals surface area (Å²) in [4.78, 5) is 46.9. The van der Waals surface area contributed by atoms with Gasteiger partial charge in [0.1, 0.15) is 11.6 Å². The number of morpholine rings is 1. The maximum atomic E-state index is 14.4. The van der Waals surface area contributed by atoms with Crippen molar-refractivity contribution in [1.82, 2.24) is 20.1 Å². The fourth-order valence-electron chi connectivity index (χ4n) is 6.44. The number of aromatic amines is 1. The van der Waals surface area contributed by atoms with E-state index in [1.165, 1.54) is 11.0 Å². The van der Waals surface area contributed by atoms with Crippen LogP contribution >= 0.6 is 0 Å². The van der Waals surface area contributed by atoms with Crippen molar-refractivity contribution in [2.75, 3.05) is 44.2 Å². The molecule has 0 bridgehead atoms. The number of carbonyl (C=O) groups excluding carboxylic acids is 1. The lowest BCUT2D eigenvalue weighted by Crippen LogP contribution is -2.62. The highest BCUT2D eigenvalue weighted by atomic mass is 19.1. The van der Waals surface area contributed by atoms with Crippen molar-refractivity contribution in [3.05, 3.63) is 63.1 Å². The summed E-state index contributed by atoms with van der Waals surface area (Å²) >= 11 is 0. The molecule has 4 heterocycles. The van der Waals surface area contributed by atoms with Crippen LogP contribution in [0.3, 0.4) is 0 Å². The molecule has 0 saturated carbocycles. The van der Waals surface area contributed by atoms with Crippen molar-refractivity contribution in [2.45, 2.75) is 70.2 Å². The van der Waals surface area contributed by atoms with Crippen LogP contribution in [0.2, 0.25) is 0 Å². The third kappa shape index (κ3) is 6.06. The molecule has 1 aromatic carbocycles. The van der Waals surface area contributed by atoms with E-state index < -0.39 is 23.1 Å². The molecule has 1 unspecified atom stereocenters. The van der Waals surface area contributed by atoms with Crippen LogP contribution in [-0.2, 0) is 21.4 Å². The minimum Gasteiger partial charge on any atom is -0.465 e. The molecule has 2 aromatic rings. The highest BCUT2D eigenvalue weighted by Gasteiger charge is 2.42. The first-order valence-electron chi connectivity index (χ1n) is 14.4. The molecular weight excluding hydrogens is 548 g/mol. The van der Waals surface area contributed by atoms with Crippen molar-refractivity contribution in [3.8, 4) is 0 Å². The summed E-state index contributed by atoms with van der Waals surface area (Å²) < 4.78 is 33.8. The average molecular weight is 588 g/mol. The molecule has 2 amide bonds. The zero-order valence-electron chi connectivity index (χ0n) is 24.5. The molecule has 42 heavy (non-hydrogen) atoms. The van der Waals surface area contributed by atoms with E-state index in [2.05, 4.69) is 10.3 Å². The summed E-state index contributed by atoms with van der Waals surface area (Å²) in [6, 6.07) is 4.45. The van der Waals surface area contributed by atoms with E-state index >= 15 is 0 Å². The van der Waals surface area contributed by atoms with E-state index in [0.29, 0.717) is 37.5 Å². The number of ether oxygens (including phenoxy) is 1. The summed E-state index contributed by atoms with van der Waals surface area (Å²) in [5, 5.41) is 13.2. The number of pyridine rings is 1. The van der Waals surface area contributed by atoms with Gasteiger partial charge in [-0.15, -0.1) is 0 Å². The van der Waals surface area contributed by atoms with Gasteiger partial charge in [-0.2, -0.15) is 0 Å². The number of carbonyl (C=O) groups is 2. The number of hydrogen-bond acceptors (Lipinski definition) is 6. The third-order valence-electron chi connectivity index (χ3n) is 8.82. The highest BCUT2D eigenvalue weighted by Crippen LogP contribution is 2.39. The Balaban J connectivity index is 1.40. The van der Waals surface area contributed by atoms with Crippen LogP contribution in [0.5, 0.6) is 0 Å². The van der Waals surface area contributed by atoms with E-state index in [9.17, 15) is 28.3 Å². The molecule has 5 rings (SSSR count). The standard InChI is InChI=1S/C30H39F2N5O5/c1-17-13-35(22(14-36(17)29(40)41)12-25-18(2)33-7-8-42-25)15-26(38)37-16-30(3,4)27-24(37)10-20(28(39)34-27)9-19-5-6-21(31)11-23(19)32/h5-6,10-11,17-18,22,25,33H,7-9,12-16H2,1-4H3,(H,34,39)(H,40,41)/t17-,18-,22+,25?/m1/s1. The van der Waals surface area contributed by atoms with Crippen LogP contribution in [0, 0.1) is 11.6 Å².